The van der Waals surface area contributed by atoms with Crippen LogP contribution in [0.5, 0.6) is 0 Å². The molecule has 0 bridgehead atoms. The summed E-state index contributed by atoms with van der Waals surface area (Å²) in [6.45, 7) is 11.5. The number of nitrogens with zero attached hydrogens (tertiary/aromatic N) is 3. The maximum Gasteiger partial charge on any atom is 0.186 e. The van der Waals surface area contributed by atoms with E-state index in [0.717, 1.165) is 57.0 Å². The number of hydrogen-bond donors (Lipinski definition) is 2. The Morgan fingerprint density at radius 3 is 2.83 bits per heavy atom. The zero-order chi connectivity index (χ0) is 25.3. The van der Waals surface area contributed by atoms with Crippen LogP contribution in [0.25, 0.3) is 23.2 Å². The number of fused-ring (bicyclic) bond motifs is 1. The molecule has 0 amide bonds. The summed E-state index contributed by atoms with van der Waals surface area (Å²) in [5, 5.41) is 13.9. The number of nitrogens with two attached hydrogens (primary N) is 1. The van der Waals surface area contributed by atoms with Crippen molar-refractivity contribution in [2.45, 2.75) is 44.6 Å². The van der Waals surface area contributed by atoms with Crippen LogP contribution < -0.4 is 21.7 Å². The second-order valence-corrected chi connectivity index (χ2v) is 10.4. The van der Waals surface area contributed by atoms with Gasteiger partial charge in [-0.1, -0.05) is 49.0 Å². The van der Waals surface area contributed by atoms with Gasteiger partial charge in [-0.25, -0.2) is 4.99 Å². The average molecular weight is 506 g/mol. The Labute approximate surface area is 213 Å². The van der Waals surface area contributed by atoms with Gasteiger partial charge in [-0.2, -0.15) is 5.26 Å². The van der Waals surface area contributed by atoms with E-state index >= 15 is 0 Å². The smallest absolute Gasteiger partial charge is 0.186 e. The maximum absolute atomic E-state index is 12.7. The number of aryl methyl sites for hydroxylation is 2. The summed E-state index contributed by atoms with van der Waals surface area (Å²) in [7, 11) is 0. The van der Waals surface area contributed by atoms with Gasteiger partial charge in [-0.15, -0.1) is 0 Å². The second-order valence-electron chi connectivity index (χ2n) is 8.75. The lowest BCUT2D eigenvalue weighted by Gasteiger charge is -2.19. The molecule has 3 N–H and O–H groups in total. The number of nitrogens with one attached hydrogen (secondary N) is 1. The molecule has 2 heterocycles. The van der Waals surface area contributed by atoms with Gasteiger partial charge in [-0.3, -0.25) is 4.79 Å². The summed E-state index contributed by atoms with van der Waals surface area (Å²) in [5.74, 6) is 0.738. The molecule has 6 nitrogen and oxygen atoms in total. The van der Waals surface area contributed by atoms with E-state index < -0.39 is 0 Å². The topological polar surface area (TPSA) is 98.3 Å². The number of likely N-dealkylation sites (tertiary alicyclic amines) is 1. The zero-order valence-corrected chi connectivity index (χ0v) is 21.7. The monoisotopic (exact) mass is 505 g/mol. The largest absolute Gasteiger partial charge is 0.358 e. The van der Waals surface area contributed by atoms with Gasteiger partial charge in [-0.05, 0) is 50.5 Å². The standard InChI is InChI=1S/C27H28ClN5OS/c1-5-22-26(28)25(16(3)31-22)27(33-10-9-19(30)14-33)32-17(4)35-20-11-18(13-29)24-15(2)7-6-8-23(34)21(24)12-20/h6-8,11-12,19,31H,3,5,9-10,14,30H2,1-2,4H3. The molecule has 0 radical (unpaired) electrons. The minimum absolute atomic E-state index is 0.0721. The Balaban J connectivity index is 1.85. The molecule has 0 aliphatic carbocycles. The van der Waals surface area contributed by atoms with Crippen molar-refractivity contribution in [2.24, 2.45) is 10.7 Å². The Morgan fingerprint density at radius 1 is 1.43 bits per heavy atom. The van der Waals surface area contributed by atoms with E-state index in [1.54, 1.807) is 6.07 Å². The average Bonchev–Trinajstić information content (AvgIpc) is 3.34. The number of hydrogen-bond acceptors (Lipinski definition) is 6. The van der Waals surface area contributed by atoms with E-state index in [1.165, 1.54) is 17.8 Å². The van der Waals surface area contributed by atoms with Gasteiger partial charge in [0.05, 0.1) is 26.9 Å². The molecule has 1 aliphatic heterocycles. The van der Waals surface area contributed by atoms with Crippen molar-refractivity contribution >= 4 is 51.6 Å². The van der Waals surface area contributed by atoms with Gasteiger partial charge >= 0.3 is 0 Å². The molecule has 2 aromatic carbocycles. The van der Waals surface area contributed by atoms with Gasteiger partial charge in [0.2, 0.25) is 0 Å². The molecular formula is C27H28ClN5OS. The van der Waals surface area contributed by atoms with Crippen molar-refractivity contribution in [3.8, 4) is 6.07 Å². The fraction of sp³-hybridized carbons (Fsp3) is 0.296. The Morgan fingerprint density at radius 2 is 2.20 bits per heavy atom. The fourth-order valence-electron chi connectivity index (χ4n) is 4.50. The molecule has 1 fully saturated rings. The summed E-state index contributed by atoms with van der Waals surface area (Å²) in [4.78, 5) is 23.9. The number of benzene rings is 1. The SMILES string of the molecule is C=c1[nH]c(CC)c(Cl)c1=C(N=C(C)Sc1cc(C#N)c2c(C)cccc(=O)c2c1)N1CCC(N)C1. The first kappa shape index (κ1) is 25.1. The summed E-state index contributed by atoms with van der Waals surface area (Å²) < 4.78 is 0. The molecule has 0 saturated carbocycles. The van der Waals surface area contributed by atoms with Crippen LogP contribution in [0.4, 0.5) is 0 Å². The van der Waals surface area contributed by atoms with Crippen molar-refractivity contribution in [2.75, 3.05) is 13.1 Å². The summed E-state index contributed by atoms with van der Waals surface area (Å²) >= 11 is 8.15. The lowest BCUT2D eigenvalue weighted by atomic mass is 10.0. The number of nitriles is 1. The number of H-pyrrole nitrogens is 1. The van der Waals surface area contributed by atoms with Gasteiger partial charge in [0, 0.05) is 45.8 Å². The highest BCUT2D eigenvalue weighted by Crippen LogP contribution is 2.29. The van der Waals surface area contributed by atoms with Crippen molar-refractivity contribution in [1.82, 2.24) is 9.88 Å². The number of rotatable bonds is 4. The molecule has 1 saturated heterocycles. The number of aliphatic imine (C=N–C) groups is 1. The predicted octanol–water partition coefficient (Wildman–Crippen LogP) is 3.64. The molecule has 180 valence electrons. The molecule has 1 aliphatic rings. The predicted molar refractivity (Wildman–Crippen MR) is 146 cm³/mol. The van der Waals surface area contributed by atoms with Crippen molar-refractivity contribution < 1.29 is 0 Å². The van der Waals surface area contributed by atoms with E-state index in [0.29, 0.717) is 27.9 Å². The molecule has 3 aromatic rings. The normalized spacial score (nSPS) is 17.1. The van der Waals surface area contributed by atoms with Crippen LogP contribution in [-0.4, -0.2) is 34.1 Å². The van der Waals surface area contributed by atoms with Gasteiger partial charge in [0.15, 0.2) is 5.43 Å². The first-order valence-corrected chi connectivity index (χ1v) is 12.7. The molecule has 1 atom stereocenters. The van der Waals surface area contributed by atoms with Gasteiger partial charge in [0.1, 0.15) is 5.82 Å². The molecule has 35 heavy (non-hydrogen) atoms. The molecule has 0 spiro atoms. The number of thioether (sulfide) groups is 1. The zero-order valence-electron chi connectivity index (χ0n) is 20.1. The highest BCUT2D eigenvalue weighted by atomic mass is 35.5. The first-order valence-electron chi connectivity index (χ1n) is 11.5. The third-order valence-corrected chi connectivity index (χ3v) is 7.48. The van der Waals surface area contributed by atoms with Gasteiger partial charge < -0.3 is 15.6 Å². The maximum atomic E-state index is 12.7. The molecule has 8 heteroatoms. The second kappa shape index (κ2) is 10.3. The number of aromatic amines is 1. The summed E-state index contributed by atoms with van der Waals surface area (Å²) in [6.07, 6.45) is 1.63. The van der Waals surface area contributed by atoms with E-state index in [2.05, 4.69) is 22.5 Å². The Bertz CT molecular complexity index is 1550. The van der Waals surface area contributed by atoms with Crippen LogP contribution in [0, 0.1) is 18.3 Å². The van der Waals surface area contributed by atoms with E-state index in [-0.39, 0.29) is 11.5 Å². The van der Waals surface area contributed by atoms with Crippen molar-refractivity contribution in [3.05, 3.63) is 73.0 Å². The molecular weight excluding hydrogens is 478 g/mol. The minimum atomic E-state index is -0.118. The number of halogens is 1. The van der Waals surface area contributed by atoms with Crippen molar-refractivity contribution in [3.63, 3.8) is 0 Å². The first-order chi connectivity index (χ1) is 16.7. The summed E-state index contributed by atoms with van der Waals surface area (Å²) in [5.41, 5.74) is 8.36. The quantitative estimate of drug-likeness (QED) is 0.320. The molecule has 1 unspecified atom stereocenters. The summed E-state index contributed by atoms with van der Waals surface area (Å²) in [6, 6.07) is 11.1. The third-order valence-electron chi connectivity index (χ3n) is 6.20. The highest BCUT2D eigenvalue weighted by molar-refractivity contribution is 8.13. The van der Waals surface area contributed by atoms with Crippen molar-refractivity contribution in [1.29, 1.82) is 5.26 Å². The van der Waals surface area contributed by atoms with E-state index in [1.807, 2.05) is 39.0 Å². The van der Waals surface area contributed by atoms with E-state index in [4.69, 9.17) is 22.3 Å². The lowest BCUT2D eigenvalue weighted by molar-refractivity contribution is 0.473. The van der Waals surface area contributed by atoms with Crippen LogP contribution in [0.15, 0.2) is 45.0 Å². The van der Waals surface area contributed by atoms with Crippen LogP contribution in [0.1, 0.15) is 37.1 Å². The highest BCUT2D eigenvalue weighted by Gasteiger charge is 2.23. The van der Waals surface area contributed by atoms with Crippen LogP contribution in [0.2, 0.25) is 5.02 Å². The lowest BCUT2D eigenvalue weighted by Crippen LogP contribution is -2.33. The third kappa shape index (κ3) is 5.01. The number of aromatic nitrogens is 1. The van der Waals surface area contributed by atoms with Gasteiger partial charge in [0.25, 0.3) is 0 Å². The fourth-order valence-corrected chi connectivity index (χ4v) is 5.71. The van der Waals surface area contributed by atoms with E-state index in [9.17, 15) is 10.1 Å². The Kier molecular flexibility index (Phi) is 7.36. The van der Waals surface area contributed by atoms with Crippen LogP contribution >= 0.6 is 23.4 Å². The molecule has 1 aromatic heterocycles. The Hall–Kier alpha value is -3.05. The van der Waals surface area contributed by atoms with Crippen LogP contribution in [0.3, 0.4) is 0 Å². The minimum Gasteiger partial charge on any atom is -0.358 e. The van der Waals surface area contributed by atoms with Crippen LogP contribution in [-0.2, 0) is 6.42 Å². The molecule has 4 rings (SSSR count).